The number of alkyl halides is 3. The smallest absolute Gasteiger partial charge is 0.352 e. The maximum absolute atomic E-state index is 13.0. The molecule has 9 heteroatoms. The topological polar surface area (TPSA) is 67.2 Å². The Balaban J connectivity index is 1.32. The molecule has 4 rings (SSSR count). The van der Waals surface area contributed by atoms with Crippen LogP contribution in [0.3, 0.4) is 0 Å². The van der Waals surface area contributed by atoms with Crippen molar-refractivity contribution in [1.82, 2.24) is 20.0 Å². The first-order valence-electron chi connectivity index (χ1n) is 11.4. The van der Waals surface area contributed by atoms with Crippen molar-refractivity contribution >= 4 is 11.8 Å². The molecule has 6 nitrogen and oxygen atoms in total. The van der Waals surface area contributed by atoms with Crippen LogP contribution in [0.25, 0.3) is 0 Å². The molecule has 1 unspecified atom stereocenters. The zero-order chi connectivity index (χ0) is 25.2. The van der Waals surface area contributed by atoms with Crippen molar-refractivity contribution in [2.24, 2.45) is 5.92 Å². The molecule has 0 saturated carbocycles. The van der Waals surface area contributed by atoms with E-state index in [1.807, 2.05) is 48.9 Å². The number of likely N-dealkylation sites (tertiary alicyclic amines) is 1. The van der Waals surface area contributed by atoms with Crippen molar-refractivity contribution in [3.63, 3.8) is 0 Å². The van der Waals surface area contributed by atoms with Crippen LogP contribution in [-0.4, -0.2) is 33.0 Å². The molecule has 0 radical (unpaired) electrons. The van der Waals surface area contributed by atoms with Gasteiger partial charge in [-0.3, -0.25) is 14.3 Å². The lowest BCUT2D eigenvalue weighted by atomic mass is 10.1. The van der Waals surface area contributed by atoms with Gasteiger partial charge in [0.25, 0.3) is 0 Å². The van der Waals surface area contributed by atoms with E-state index in [2.05, 4.69) is 10.4 Å². The van der Waals surface area contributed by atoms with Crippen LogP contribution in [0, 0.1) is 19.8 Å². The zero-order valence-corrected chi connectivity index (χ0v) is 19.6. The van der Waals surface area contributed by atoms with Crippen LogP contribution < -0.4 is 5.32 Å². The lowest BCUT2D eigenvalue weighted by molar-refractivity contribution is -0.137. The van der Waals surface area contributed by atoms with E-state index in [1.165, 1.54) is 11.0 Å². The molecule has 1 aliphatic rings. The number of carbonyl (C=O) groups excluding carboxylic acids is 2. The monoisotopic (exact) mass is 484 g/mol. The van der Waals surface area contributed by atoms with Crippen LogP contribution in [0.1, 0.15) is 40.1 Å². The standard InChI is InChI=1S/C26H27F3N4O2/c1-17-9-18(2)33(31-17)15-20-6-3-5-19(10-20)13-30-25(35)22-12-24(34)32(16-22)14-21-7-4-8-23(11-21)26(27,28)29/h3-11,22H,12-16H2,1-2H3,(H,30,35). The molecule has 184 valence electrons. The average Bonchev–Trinajstić information content (AvgIpc) is 3.32. The van der Waals surface area contributed by atoms with Crippen LogP contribution in [0.5, 0.6) is 0 Å². The van der Waals surface area contributed by atoms with Gasteiger partial charge in [0.2, 0.25) is 11.8 Å². The molecular weight excluding hydrogens is 457 g/mol. The largest absolute Gasteiger partial charge is 0.416 e. The van der Waals surface area contributed by atoms with Gasteiger partial charge in [0.1, 0.15) is 0 Å². The summed E-state index contributed by atoms with van der Waals surface area (Å²) in [5.74, 6) is -1.02. The van der Waals surface area contributed by atoms with Gasteiger partial charge in [0.05, 0.1) is 23.7 Å². The van der Waals surface area contributed by atoms with E-state index in [0.29, 0.717) is 18.7 Å². The van der Waals surface area contributed by atoms with Gasteiger partial charge in [-0.05, 0) is 48.7 Å². The van der Waals surface area contributed by atoms with Gasteiger partial charge in [-0.1, -0.05) is 36.4 Å². The Hall–Kier alpha value is -3.62. The number of halogens is 3. The Morgan fingerprint density at radius 3 is 2.40 bits per heavy atom. The van der Waals surface area contributed by atoms with E-state index in [9.17, 15) is 22.8 Å². The minimum absolute atomic E-state index is 0.0426. The zero-order valence-electron chi connectivity index (χ0n) is 19.6. The highest BCUT2D eigenvalue weighted by molar-refractivity contribution is 5.89. The average molecular weight is 485 g/mol. The molecule has 0 aliphatic carbocycles. The summed E-state index contributed by atoms with van der Waals surface area (Å²) in [5.41, 5.74) is 3.65. The van der Waals surface area contributed by atoms with E-state index >= 15 is 0 Å². The van der Waals surface area contributed by atoms with Crippen LogP contribution in [0.2, 0.25) is 0 Å². The van der Waals surface area contributed by atoms with Crippen LogP contribution in [0.15, 0.2) is 54.6 Å². The Labute approximate surface area is 201 Å². The predicted octanol–water partition coefficient (Wildman–Crippen LogP) is 4.23. The molecule has 1 fully saturated rings. The van der Waals surface area contributed by atoms with E-state index in [4.69, 9.17) is 0 Å². The first kappa shape index (κ1) is 24.5. The number of benzene rings is 2. The number of nitrogens with zero attached hydrogens (tertiary/aromatic N) is 3. The SMILES string of the molecule is Cc1cc(C)n(Cc2cccc(CNC(=O)C3CC(=O)N(Cc4cccc(C(F)(F)F)c4)C3)c2)n1. The number of aryl methyl sites for hydroxylation is 2. The van der Waals surface area contributed by atoms with Gasteiger partial charge in [-0.25, -0.2) is 0 Å². The van der Waals surface area contributed by atoms with Crippen molar-refractivity contribution in [2.75, 3.05) is 6.54 Å². The molecule has 0 spiro atoms. The predicted molar refractivity (Wildman–Crippen MR) is 124 cm³/mol. The second kappa shape index (κ2) is 9.93. The molecule has 2 heterocycles. The molecule has 1 N–H and O–H groups in total. The van der Waals surface area contributed by atoms with Gasteiger partial charge < -0.3 is 10.2 Å². The second-order valence-electron chi connectivity index (χ2n) is 9.00. The van der Waals surface area contributed by atoms with Crippen LogP contribution in [-0.2, 0) is 35.4 Å². The van der Waals surface area contributed by atoms with Crippen molar-refractivity contribution in [2.45, 2.75) is 46.1 Å². The van der Waals surface area contributed by atoms with E-state index in [0.717, 1.165) is 34.6 Å². The van der Waals surface area contributed by atoms with Gasteiger partial charge in [0.15, 0.2) is 0 Å². The molecule has 3 aromatic rings. The minimum Gasteiger partial charge on any atom is -0.352 e. The summed E-state index contributed by atoms with van der Waals surface area (Å²) in [4.78, 5) is 26.6. The summed E-state index contributed by atoms with van der Waals surface area (Å²) in [5, 5.41) is 7.37. The first-order chi connectivity index (χ1) is 16.6. The van der Waals surface area contributed by atoms with Crippen LogP contribution in [0.4, 0.5) is 13.2 Å². The van der Waals surface area contributed by atoms with Gasteiger partial charge in [0, 0.05) is 31.7 Å². The third kappa shape index (κ3) is 6.09. The Morgan fingerprint density at radius 1 is 1.03 bits per heavy atom. The third-order valence-corrected chi connectivity index (χ3v) is 6.11. The third-order valence-electron chi connectivity index (χ3n) is 6.11. The van der Waals surface area contributed by atoms with Crippen molar-refractivity contribution in [3.8, 4) is 0 Å². The van der Waals surface area contributed by atoms with E-state index in [-0.39, 0.29) is 31.3 Å². The molecule has 35 heavy (non-hydrogen) atoms. The number of rotatable bonds is 7. The molecule has 1 atom stereocenters. The normalized spacial score (nSPS) is 16.1. The summed E-state index contributed by atoms with van der Waals surface area (Å²) in [6.45, 7) is 5.12. The first-order valence-corrected chi connectivity index (χ1v) is 11.4. The highest BCUT2D eigenvalue weighted by Gasteiger charge is 2.35. The second-order valence-corrected chi connectivity index (χ2v) is 9.00. The molecular formula is C26H27F3N4O2. The van der Waals surface area contributed by atoms with Crippen LogP contribution >= 0.6 is 0 Å². The Bertz CT molecular complexity index is 1240. The fourth-order valence-electron chi connectivity index (χ4n) is 4.35. The van der Waals surface area contributed by atoms with Crippen molar-refractivity contribution < 1.29 is 22.8 Å². The van der Waals surface area contributed by atoms with E-state index < -0.39 is 17.7 Å². The van der Waals surface area contributed by atoms with Gasteiger partial charge in [-0.2, -0.15) is 18.3 Å². The number of hydrogen-bond acceptors (Lipinski definition) is 3. The highest BCUT2D eigenvalue weighted by atomic mass is 19.4. The lowest BCUT2D eigenvalue weighted by Gasteiger charge is -2.18. The maximum Gasteiger partial charge on any atom is 0.416 e. The molecule has 2 amide bonds. The number of nitrogens with one attached hydrogen (secondary N) is 1. The molecule has 1 aromatic heterocycles. The number of amides is 2. The van der Waals surface area contributed by atoms with Crippen molar-refractivity contribution in [3.05, 3.63) is 88.2 Å². The number of carbonyl (C=O) groups is 2. The minimum atomic E-state index is -4.44. The summed E-state index contributed by atoms with van der Waals surface area (Å²) in [6.07, 6.45) is -4.40. The summed E-state index contributed by atoms with van der Waals surface area (Å²) in [6, 6.07) is 14.8. The number of aromatic nitrogens is 2. The van der Waals surface area contributed by atoms with E-state index in [1.54, 1.807) is 6.07 Å². The molecule has 0 bridgehead atoms. The maximum atomic E-state index is 13.0. The summed E-state index contributed by atoms with van der Waals surface area (Å²) in [7, 11) is 0. The Kier molecular flexibility index (Phi) is 6.95. The number of hydrogen-bond donors (Lipinski definition) is 1. The molecule has 2 aromatic carbocycles. The molecule has 1 saturated heterocycles. The fourth-order valence-corrected chi connectivity index (χ4v) is 4.35. The van der Waals surface area contributed by atoms with Gasteiger partial charge in [-0.15, -0.1) is 0 Å². The summed E-state index contributed by atoms with van der Waals surface area (Å²) >= 11 is 0. The van der Waals surface area contributed by atoms with Crippen molar-refractivity contribution in [1.29, 1.82) is 0 Å². The summed E-state index contributed by atoms with van der Waals surface area (Å²) < 4.78 is 40.8. The molecule has 1 aliphatic heterocycles. The lowest BCUT2D eigenvalue weighted by Crippen LogP contribution is -2.32. The van der Waals surface area contributed by atoms with Gasteiger partial charge >= 0.3 is 6.18 Å². The quantitative estimate of drug-likeness (QED) is 0.546. The Morgan fingerprint density at radius 2 is 1.71 bits per heavy atom. The fraction of sp³-hybridized carbons (Fsp3) is 0.346. The highest BCUT2D eigenvalue weighted by Crippen LogP contribution is 2.30.